The minimum atomic E-state index is -0.0596. The van der Waals surface area contributed by atoms with Crippen molar-refractivity contribution in [3.05, 3.63) is 0 Å². The van der Waals surface area contributed by atoms with E-state index in [0.717, 1.165) is 26.2 Å². The fourth-order valence-corrected chi connectivity index (χ4v) is 1.27. The molecule has 0 unspecified atom stereocenters. The van der Waals surface area contributed by atoms with E-state index in [9.17, 15) is 4.79 Å². The van der Waals surface area contributed by atoms with Crippen molar-refractivity contribution in [2.75, 3.05) is 47.4 Å². The van der Waals surface area contributed by atoms with Gasteiger partial charge < -0.3 is 9.80 Å². The second-order valence-corrected chi connectivity index (χ2v) is 3.25. The van der Waals surface area contributed by atoms with E-state index in [-0.39, 0.29) is 6.03 Å². The fourth-order valence-electron chi connectivity index (χ4n) is 1.27. The van der Waals surface area contributed by atoms with Gasteiger partial charge in [0.25, 0.3) is 0 Å². The van der Waals surface area contributed by atoms with Crippen molar-refractivity contribution >= 4 is 6.03 Å². The van der Waals surface area contributed by atoms with E-state index >= 15 is 0 Å². The van der Waals surface area contributed by atoms with Crippen LogP contribution in [0.15, 0.2) is 0 Å². The summed E-state index contributed by atoms with van der Waals surface area (Å²) >= 11 is 0. The first-order valence-electron chi connectivity index (χ1n) is 4.40. The summed E-state index contributed by atoms with van der Waals surface area (Å²) in [6.45, 7) is 3.43. The van der Waals surface area contributed by atoms with Gasteiger partial charge in [-0.15, -0.1) is 0 Å². The van der Waals surface area contributed by atoms with Crippen molar-refractivity contribution in [2.45, 2.75) is 0 Å². The van der Waals surface area contributed by atoms with Crippen molar-refractivity contribution < 1.29 is 9.63 Å². The molecule has 0 bridgehead atoms. The number of likely N-dealkylation sites (N-methyl/N-ethyl adjacent to an activating group) is 1. The van der Waals surface area contributed by atoms with Crippen molar-refractivity contribution in [1.29, 1.82) is 0 Å². The summed E-state index contributed by atoms with van der Waals surface area (Å²) in [6.07, 6.45) is 0. The van der Waals surface area contributed by atoms with Gasteiger partial charge in [0.05, 0.1) is 7.11 Å². The molecule has 0 aromatic carbocycles. The second-order valence-electron chi connectivity index (χ2n) is 3.25. The van der Waals surface area contributed by atoms with E-state index in [1.807, 2.05) is 0 Å². The van der Waals surface area contributed by atoms with Crippen molar-refractivity contribution in [3.63, 3.8) is 0 Å². The van der Waals surface area contributed by atoms with E-state index in [4.69, 9.17) is 4.84 Å². The minimum absolute atomic E-state index is 0.0596. The van der Waals surface area contributed by atoms with Gasteiger partial charge in [-0.2, -0.15) is 0 Å². The molecule has 1 saturated heterocycles. The van der Waals surface area contributed by atoms with Crippen LogP contribution in [0.1, 0.15) is 0 Å². The zero-order chi connectivity index (χ0) is 9.84. The first kappa shape index (κ1) is 10.3. The zero-order valence-corrected chi connectivity index (χ0v) is 8.49. The Bertz CT molecular complexity index is 178. The number of rotatable bonds is 1. The lowest BCUT2D eigenvalue weighted by atomic mass is 10.3. The molecule has 0 radical (unpaired) electrons. The summed E-state index contributed by atoms with van der Waals surface area (Å²) in [5, 5.41) is 1.26. The van der Waals surface area contributed by atoms with Crippen molar-refractivity contribution in [2.24, 2.45) is 0 Å². The standard InChI is InChI=1S/C8H17N3O2/c1-9-4-6-11(7-5-9)8(12)10(2)13-3/h4-7H2,1-3H3. The molecule has 1 aliphatic heterocycles. The molecule has 0 N–H and O–H groups in total. The number of carbonyl (C=O) groups is 1. The average Bonchev–Trinajstić information content (AvgIpc) is 2.17. The normalized spacial score (nSPS) is 18.8. The zero-order valence-electron chi connectivity index (χ0n) is 8.49. The molecule has 0 spiro atoms. The summed E-state index contributed by atoms with van der Waals surface area (Å²) in [7, 11) is 5.18. The second kappa shape index (κ2) is 4.43. The maximum Gasteiger partial charge on any atom is 0.343 e. The highest BCUT2D eigenvalue weighted by Crippen LogP contribution is 2.02. The molecule has 13 heavy (non-hydrogen) atoms. The van der Waals surface area contributed by atoms with E-state index < -0.39 is 0 Å². The monoisotopic (exact) mass is 187 g/mol. The number of hydrogen-bond donors (Lipinski definition) is 0. The Morgan fingerprint density at radius 2 is 1.85 bits per heavy atom. The number of amides is 2. The molecule has 5 nitrogen and oxygen atoms in total. The van der Waals surface area contributed by atoms with Crippen LogP contribution in [0, 0.1) is 0 Å². The Labute approximate surface area is 78.8 Å². The van der Waals surface area contributed by atoms with E-state index in [2.05, 4.69) is 11.9 Å². The SMILES string of the molecule is CON(C)C(=O)N1CCN(C)CC1. The van der Waals surface area contributed by atoms with Gasteiger partial charge in [-0.05, 0) is 7.05 Å². The van der Waals surface area contributed by atoms with E-state index in [1.54, 1.807) is 11.9 Å². The van der Waals surface area contributed by atoms with Crippen LogP contribution in [0.2, 0.25) is 0 Å². The third-order valence-electron chi connectivity index (χ3n) is 2.32. The van der Waals surface area contributed by atoms with Crippen LogP contribution in [-0.4, -0.2) is 68.3 Å². The van der Waals surface area contributed by atoms with Crippen LogP contribution in [0.3, 0.4) is 0 Å². The highest BCUT2D eigenvalue weighted by atomic mass is 16.7. The molecule has 0 saturated carbocycles. The average molecular weight is 187 g/mol. The molecular formula is C8H17N3O2. The van der Waals surface area contributed by atoms with Crippen LogP contribution < -0.4 is 0 Å². The summed E-state index contributed by atoms with van der Waals surface area (Å²) in [5.41, 5.74) is 0. The Balaban J connectivity index is 2.40. The largest absolute Gasteiger partial charge is 0.343 e. The molecule has 1 heterocycles. The highest BCUT2D eigenvalue weighted by Gasteiger charge is 2.21. The summed E-state index contributed by atoms with van der Waals surface area (Å²) in [5.74, 6) is 0. The topological polar surface area (TPSA) is 36.0 Å². The Morgan fingerprint density at radius 3 is 2.31 bits per heavy atom. The molecule has 0 aliphatic carbocycles. The molecule has 5 heteroatoms. The summed E-state index contributed by atoms with van der Waals surface area (Å²) in [4.78, 5) is 20.4. The number of nitrogens with zero attached hydrogens (tertiary/aromatic N) is 3. The summed E-state index contributed by atoms with van der Waals surface area (Å²) in [6, 6.07) is -0.0596. The van der Waals surface area contributed by atoms with Gasteiger partial charge in [-0.25, -0.2) is 9.86 Å². The third kappa shape index (κ3) is 2.57. The molecule has 1 rings (SSSR count). The van der Waals surface area contributed by atoms with Gasteiger partial charge in [0.1, 0.15) is 0 Å². The van der Waals surface area contributed by atoms with Crippen molar-refractivity contribution in [1.82, 2.24) is 14.9 Å². The number of urea groups is 1. The third-order valence-corrected chi connectivity index (χ3v) is 2.32. The first-order chi connectivity index (χ1) is 6.15. The van der Waals surface area contributed by atoms with Crippen molar-refractivity contribution in [3.8, 4) is 0 Å². The Hall–Kier alpha value is -0.810. The molecule has 76 valence electrons. The molecular weight excluding hydrogens is 170 g/mol. The van der Waals surface area contributed by atoms with Crippen LogP contribution in [0.5, 0.6) is 0 Å². The van der Waals surface area contributed by atoms with Crippen LogP contribution >= 0.6 is 0 Å². The molecule has 0 atom stereocenters. The van der Waals surface area contributed by atoms with E-state index in [1.165, 1.54) is 12.2 Å². The first-order valence-corrected chi connectivity index (χ1v) is 4.40. The van der Waals surface area contributed by atoms with Crippen LogP contribution in [0.25, 0.3) is 0 Å². The minimum Gasteiger partial charge on any atom is -0.320 e. The molecule has 0 aromatic rings. The fraction of sp³-hybridized carbons (Fsp3) is 0.875. The van der Waals surface area contributed by atoms with Crippen LogP contribution in [-0.2, 0) is 4.84 Å². The lowest BCUT2D eigenvalue weighted by molar-refractivity contribution is -0.0781. The predicted molar refractivity (Wildman–Crippen MR) is 49.2 cm³/mol. The molecule has 0 aromatic heterocycles. The quantitative estimate of drug-likeness (QED) is 0.535. The summed E-state index contributed by atoms with van der Waals surface area (Å²) < 4.78 is 0. The van der Waals surface area contributed by atoms with Gasteiger partial charge in [0.15, 0.2) is 0 Å². The number of piperazine rings is 1. The van der Waals surface area contributed by atoms with Gasteiger partial charge in [-0.3, -0.25) is 4.84 Å². The predicted octanol–water partition coefficient (Wildman–Crippen LogP) is -0.153. The van der Waals surface area contributed by atoms with E-state index in [0.29, 0.717) is 0 Å². The smallest absolute Gasteiger partial charge is 0.320 e. The Kier molecular flexibility index (Phi) is 3.50. The molecule has 2 amide bonds. The molecule has 1 aliphatic rings. The number of carbonyl (C=O) groups excluding carboxylic acids is 1. The Morgan fingerprint density at radius 1 is 1.31 bits per heavy atom. The molecule has 1 fully saturated rings. The van der Waals surface area contributed by atoms with Gasteiger partial charge in [0.2, 0.25) is 0 Å². The maximum atomic E-state index is 11.5. The lowest BCUT2D eigenvalue weighted by Crippen LogP contribution is -2.50. The van der Waals surface area contributed by atoms with Gasteiger partial charge >= 0.3 is 6.03 Å². The van der Waals surface area contributed by atoms with Gasteiger partial charge in [0, 0.05) is 33.2 Å². The van der Waals surface area contributed by atoms with Crippen LogP contribution in [0.4, 0.5) is 4.79 Å². The van der Waals surface area contributed by atoms with Gasteiger partial charge in [-0.1, -0.05) is 0 Å². The highest BCUT2D eigenvalue weighted by molar-refractivity contribution is 5.73. The lowest BCUT2D eigenvalue weighted by Gasteiger charge is -2.34. The maximum absolute atomic E-state index is 11.5. The number of hydrogen-bond acceptors (Lipinski definition) is 3. The number of hydroxylamine groups is 2.